The van der Waals surface area contributed by atoms with Crippen molar-refractivity contribution in [2.24, 2.45) is 0 Å². The number of carboxylic acid groups (broad SMARTS) is 1. The van der Waals surface area contributed by atoms with Crippen molar-refractivity contribution in [3.63, 3.8) is 0 Å². The normalized spacial score (nSPS) is 16.7. The molecule has 0 radical (unpaired) electrons. The summed E-state index contributed by atoms with van der Waals surface area (Å²) < 4.78 is 5.64. The van der Waals surface area contributed by atoms with Crippen LogP contribution in [0, 0.1) is 0 Å². The highest BCUT2D eigenvalue weighted by Crippen LogP contribution is 2.44. The van der Waals surface area contributed by atoms with Crippen LogP contribution in [0.3, 0.4) is 0 Å². The minimum atomic E-state index is -1.31. The fourth-order valence-corrected chi connectivity index (χ4v) is 5.97. The molecular weight excluding hydrogens is 518 g/mol. The number of hydrogen-bond acceptors (Lipinski definition) is 5. The van der Waals surface area contributed by atoms with Gasteiger partial charge in [0.15, 0.2) is 0 Å². The van der Waals surface area contributed by atoms with Gasteiger partial charge in [-0.2, -0.15) is 0 Å². The predicted molar refractivity (Wildman–Crippen MR) is 156 cm³/mol. The van der Waals surface area contributed by atoms with Crippen LogP contribution in [-0.2, 0) is 20.9 Å². The second-order valence-electron chi connectivity index (χ2n) is 11.0. The molecule has 2 aliphatic rings. The highest BCUT2D eigenvalue weighted by atomic mass is 16.5. The summed E-state index contributed by atoms with van der Waals surface area (Å²) in [6.45, 7) is 3.93. The van der Waals surface area contributed by atoms with Crippen LogP contribution in [0.1, 0.15) is 55.2 Å². The van der Waals surface area contributed by atoms with Gasteiger partial charge in [0, 0.05) is 38.0 Å². The van der Waals surface area contributed by atoms with E-state index < -0.39 is 29.6 Å². The number of alkyl carbamates (subject to hydrolysis) is 1. The molecule has 0 saturated carbocycles. The Morgan fingerprint density at radius 3 is 2.10 bits per heavy atom. The lowest BCUT2D eigenvalue weighted by Crippen LogP contribution is -2.60. The van der Waals surface area contributed by atoms with E-state index in [1.54, 1.807) is 0 Å². The zero-order chi connectivity index (χ0) is 28.8. The van der Waals surface area contributed by atoms with Gasteiger partial charge in [-0.05, 0) is 47.1 Å². The molecule has 1 aliphatic carbocycles. The summed E-state index contributed by atoms with van der Waals surface area (Å²) in [6.07, 6.45) is 0.523. The van der Waals surface area contributed by atoms with E-state index in [2.05, 4.69) is 51.9 Å². The van der Waals surface area contributed by atoms with E-state index in [0.29, 0.717) is 32.4 Å². The smallest absolute Gasteiger partial charge is 0.407 e. The van der Waals surface area contributed by atoms with Gasteiger partial charge >= 0.3 is 12.1 Å². The van der Waals surface area contributed by atoms with Gasteiger partial charge in [-0.1, -0.05) is 85.8 Å². The summed E-state index contributed by atoms with van der Waals surface area (Å²) in [7, 11) is 0. The molecule has 2 amide bonds. The molecule has 1 fully saturated rings. The fraction of sp³-hybridized carbons (Fsp3) is 0.364. The van der Waals surface area contributed by atoms with Crippen molar-refractivity contribution in [3.8, 4) is 11.1 Å². The van der Waals surface area contributed by atoms with Crippen molar-refractivity contribution in [3.05, 3.63) is 95.6 Å². The molecule has 0 bridgehead atoms. The van der Waals surface area contributed by atoms with E-state index in [0.717, 1.165) is 28.8 Å². The summed E-state index contributed by atoms with van der Waals surface area (Å²) in [4.78, 5) is 40.2. The van der Waals surface area contributed by atoms with E-state index in [1.165, 1.54) is 5.56 Å². The zero-order valence-electron chi connectivity index (χ0n) is 23.3. The first-order chi connectivity index (χ1) is 19.9. The van der Waals surface area contributed by atoms with Crippen LogP contribution in [0.25, 0.3) is 11.1 Å². The van der Waals surface area contributed by atoms with Gasteiger partial charge < -0.3 is 20.5 Å². The number of ether oxygens (including phenoxy) is 1. The molecule has 0 spiro atoms. The largest absolute Gasteiger partial charge is 0.480 e. The molecular formula is C33H37N3O5. The van der Waals surface area contributed by atoms with Crippen LogP contribution in [0.4, 0.5) is 4.79 Å². The highest BCUT2D eigenvalue weighted by molar-refractivity contribution is 5.87. The summed E-state index contributed by atoms with van der Waals surface area (Å²) in [5.74, 6) is -1.47. The Balaban J connectivity index is 1.13. The number of carboxylic acids is 1. The number of carbonyl (C=O) groups excluding carboxylic acids is 2. The van der Waals surface area contributed by atoms with Crippen molar-refractivity contribution in [1.82, 2.24) is 15.5 Å². The van der Waals surface area contributed by atoms with Crippen LogP contribution in [-0.4, -0.2) is 59.3 Å². The molecule has 41 heavy (non-hydrogen) atoms. The first-order valence-corrected chi connectivity index (χ1v) is 14.3. The third-order valence-corrected chi connectivity index (χ3v) is 8.34. The van der Waals surface area contributed by atoms with E-state index in [-0.39, 0.29) is 18.9 Å². The van der Waals surface area contributed by atoms with Crippen molar-refractivity contribution < 1.29 is 24.2 Å². The summed E-state index contributed by atoms with van der Waals surface area (Å²) in [5.41, 5.74) is 4.41. The average molecular weight is 556 g/mol. The minimum absolute atomic E-state index is 0.0244. The number of rotatable bonds is 10. The van der Waals surface area contributed by atoms with Gasteiger partial charge in [0.1, 0.15) is 12.1 Å². The lowest BCUT2D eigenvalue weighted by molar-refractivity contribution is -0.150. The van der Waals surface area contributed by atoms with Crippen LogP contribution in [0.5, 0.6) is 0 Å². The maximum Gasteiger partial charge on any atom is 0.407 e. The summed E-state index contributed by atoms with van der Waals surface area (Å²) >= 11 is 0. The summed E-state index contributed by atoms with van der Waals surface area (Å²) in [6, 6.07) is 25.8. The van der Waals surface area contributed by atoms with E-state index in [9.17, 15) is 19.5 Å². The standard InChI is InChI=1S/C33H37N3O5/c1-2-24(34-32(40)41-22-29-27-14-8-6-12-25(27)26-13-7-9-15-28(26)29)20-30(37)35-33(31(38)39)16-18-36(19-17-33)21-23-10-4-3-5-11-23/h3-15,24,29H,2,16-22H2,1H3,(H,34,40)(H,35,37)(H,38,39)/t24-/m1/s1. The Morgan fingerprint density at radius 1 is 0.927 bits per heavy atom. The third-order valence-electron chi connectivity index (χ3n) is 8.34. The molecule has 3 N–H and O–H groups in total. The van der Waals surface area contributed by atoms with Gasteiger partial charge in [0.2, 0.25) is 5.91 Å². The number of aliphatic carboxylic acids is 1. The fourth-order valence-electron chi connectivity index (χ4n) is 5.97. The number of likely N-dealkylation sites (tertiary alicyclic amines) is 1. The monoisotopic (exact) mass is 555 g/mol. The van der Waals surface area contributed by atoms with Gasteiger partial charge in [0.05, 0.1) is 0 Å². The second-order valence-corrected chi connectivity index (χ2v) is 11.0. The lowest BCUT2D eigenvalue weighted by Gasteiger charge is -2.39. The molecule has 3 aromatic carbocycles. The maximum atomic E-state index is 13.0. The lowest BCUT2D eigenvalue weighted by atomic mass is 9.87. The number of carbonyl (C=O) groups is 3. The second kappa shape index (κ2) is 12.6. The van der Waals surface area contributed by atoms with Crippen LogP contribution >= 0.6 is 0 Å². The highest BCUT2D eigenvalue weighted by Gasteiger charge is 2.43. The summed E-state index contributed by atoms with van der Waals surface area (Å²) in [5, 5.41) is 15.6. The Labute approximate surface area is 240 Å². The molecule has 1 atom stereocenters. The molecule has 5 rings (SSSR count). The number of nitrogens with zero attached hydrogens (tertiary/aromatic N) is 1. The first-order valence-electron chi connectivity index (χ1n) is 14.3. The first kappa shape index (κ1) is 28.4. The number of nitrogens with one attached hydrogen (secondary N) is 2. The molecule has 0 unspecified atom stereocenters. The SMILES string of the molecule is CC[C@H](CC(=O)NC1(C(=O)O)CCN(Cc2ccccc2)CC1)NC(=O)OCC1c2ccccc2-c2ccccc21. The average Bonchev–Trinajstić information content (AvgIpc) is 3.31. The number of benzene rings is 3. The third kappa shape index (κ3) is 6.43. The van der Waals surface area contributed by atoms with E-state index in [4.69, 9.17) is 4.74 Å². The van der Waals surface area contributed by atoms with E-state index >= 15 is 0 Å². The number of hydrogen-bond donors (Lipinski definition) is 3. The van der Waals surface area contributed by atoms with Crippen LogP contribution in [0.2, 0.25) is 0 Å². The van der Waals surface area contributed by atoms with Gasteiger partial charge in [0.25, 0.3) is 0 Å². The quantitative estimate of drug-likeness (QED) is 0.328. The van der Waals surface area contributed by atoms with Gasteiger partial charge in [-0.25, -0.2) is 9.59 Å². The number of piperidine rings is 1. The van der Waals surface area contributed by atoms with Crippen molar-refractivity contribution in [2.75, 3.05) is 19.7 Å². The van der Waals surface area contributed by atoms with Gasteiger partial charge in [-0.15, -0.1) is 0 Å². The van der Waals surface area contributed by atoms with Crippen molar-refractivity contribution in [1.29, 1.82) is 0 Å². The van der Waals surface area contributed by atoms with Gasteiger partial charge in [-0.3, -0.25) is 9.69 Å². The Bertz CT molecular complexity index is 1340. The van der Waals surface area contributed by atoms with Crippen LogP contribution in [0.15, 0.2) is 78.9 Å². The molecule has 214 valence electrons. The van der Waals surface area contributed by atoms with Crippen molar-refractivity contribution in [2.45, 2.75) is 56.7 Å². The topological polar surface area (TPSA) is 108 Å². The maximum absolute atomic E-state index is 13.0. The Kier molecular flexibility index (Phi) is 8.69. The predicted octanol–water partition coefficient (Wildman–Crippen LogP) is 4.93. The number of fused-ring (bicyclic) bond motifs is 3. The van der Waals surface area contributed by atoms with Crippen LogP contribution < -0.4 is 10.6 Å². The van der Waals surface area contributed by atoms with E-state index in [1.807, 2.05) is 49.4 Å². The molecule has 1 saturated heterocycles. The molecule has 1 aliphatic heterocycles. The molecule has 1 heterocycles. The molecule has 0 aromatic heterocycles. The molecule has 3 aromatic rings. The molecule has 8 nitrogen and oxygen atoms in total. The zero-order valence-corrected chi connectivity index (χ0v) is 23.3. The Hall–Kier alpha value is -4.17. The number of amides is 2. The van der Waals surface area contributed by atoms with Crippen molar-refractivity contribution >= 4 is 18.0 Å². The molecule has 8 heteroatoms. The Morgan fingerprint density at radius 2 is 1.51 bits per heavy atom. The minimum Gasteiger partial charge on any atom is -0.480 e.